The average Bonchev–Trinajstić information content (AvgIpc) is 2.69. The van der Waals surface area contributed by atoms with Gasteiger partial charge in [0, 0.05) is 31.6 Å². The van der Waals surface area contributed by atoms with E-state index in [0.29, 0.717) is 12.5 Å². The Morgan fingerprint density at radius 3 is 3.00 bits per heavy atom. The number of ether oxygens (including phenoxy) is 1. The molecular formula is C12H17Cl2N3O. The molecule has 2 rings (SSSR count). The zero-order chi connectivity index (χ0) is 12.1. The molecule has 0 aliphatic heterocycles. The van der Waals surface area contributed by atoms with Crippen molar-refractivity contribution in [3.05, 3.63) is 24.2 Å². The summed E-state index contributed by atoms with van der Waals surface area (Å²) in [6.45, 7) is 4.16. The molecule has 0 saturated carbocycles. The summed E-state index contributed by atoms with van der Waals surface area (Å²) in [5.41, 5.74) is 1.83. The van der Waals surface area contributed by atoms with Crippen LogP contribution in [0.15, 0.2) is 18.3 Å². The van der Waals surface area contributed by atoms with Gasteiger partial charge in [0.05, 0.1) is 6.61 Å². The molecule has 18 heavy (non-hydrogen) atoms. The van der Waals surface area contributed by atoms with Crippen LogP contribution in [0, 0.1) is 0 Å². The smallest absolute Gasteiger partial charge is 0.160 e. The van der Waals surface area contributed by atoms with Crippen LogP contribution in [-0.2, 0) is 17.7 Å². The van der Waals surface area contributed by atoms with Gasteiger partial charge in [-0.1, -0.05) is 0 Å². The summed E-state index contributed by atoms with van der Waals surface area (Å²) in [5.74, 6) is 1.55. The van der Waals surface area contributed by atoms with E-state index in [1.54, 1.807) is 6.20 Å². The maximum absolute atomic E-state index is 5.79. The van der Waals surface area contributed by atoms with E-state index in [4.69, 9.17) is 16.3 Å². The number of aromatic nitrogens is 3. The third-order valence-corrected chi connectivity index (χ3v) is 2.75. The van der Waals surface area contributed by atoms with Gasteiger partial charge >= 0.3 is 0 Å². The van der Waals surface area contributed by atoms with Gasteiger partial charge in [0.1, 0.15) is 11.3 Å². The predicted octanol–water partition coefficient (Wildman–Crippen LogP) is 2.67. The molecule has 0 N–H and O–H groups in total. The lowest BCUT2D eigenvalue weighted by atomic mass is 10.4. The maximum Gasteiger partial charge on any atom is 0.160 e. The minimum atomic E-state index is 0. The Labute approximate surface area is 118 Å². The Hall–Kier alpha value is -0.840. The maximum atomic E-state index is 5.79. The molecule has 0 bridgehead atoms. The number of halogens is 2. The molecule has 0 radical (unpaired) electrons. The van der Waals surface area contributed by atoms with Crippen molar-refractivity contribution in [3.63, 3.8) is 0 Å². The van der Waals surface area contributed by atoms with Crippen LogP contribution >= 0.6 is 24.0 Å². The van der Waals surface area contributed by atoms with E-state index in [1.807, 2.05) is 19.1 Å². The molecule has 2 aromatic heterocycles. The predicted molar refractivity (Wildman–Crippen MR) is 75.7 cm³/mol. The van der Waals surface area contributed by atoms with Crippen LogP contribution in [-0.4, -0.2) is 33.6 Å². The second-order valence-corrected chi connectivity index (χ2v) is 4.04. The van der Waals surface area contributed by atoms with Gasteiger partial charge in [-0.3, -0.25) is 0 Å². The molecule has 0 aliphatic carbocycles. The van der Waals surface area contributed by atoms with Crippen molar-refractivity contribution in [2.75, 3.05) is 19.1 Å². The molecule has 0 amide bonds. The fourth-order valence-electron chi connectivity index (χ4n) is 1.82. The molecule has 0 saturated heterocycles. The Morgan fingerprint density at radius 2 is 2.28 bits per heavy atom. The van der Waals surface area contributed by atoms with Gasteiger partial charge in [0.2, 0.25) is 0 Å². The van der Waals surface area contributed by atoms with E-state index in [0.717, 1.165) is 36.6 Å². The molecular weight excluding hydrogens is 273 g/mol. The topological polar surface area (TPSA) is 39.9 Å². The van der Waals surface area contributed by atoms with Gasteiger partial charge in [-0.2, -0.15) is 0 Å². The fraction of sp³-hybridized carbons (Fsp3) is 0.500. The van der Waals surface area contributed by atoms with Crippen molar-refractivity contribution in [2.24, 2.45) is 0 Å². The van der Waals surface area contributed by atoms with Crippen LogP contribution in [0.3, 0.4) is 0 Å². The molecule has 2 heterocycles. The second-order valence-electron chi connectivity index (χ2n) is 3.66. The van der Waals surface area contributed by atoms with Crippen molar-refractivity contribution < 1.29 is 4.74 Å². The van der Waals surface area contributed by atoms with Crippen molar-refractivity contribution in [2.45, 2.75) is 19.9 Å². The van der Waals surface area contributed by atoms with Gasteiger partial charge < -0.3 is 9.30 Å². The van der Waals surface area contributed by atoms with E-state index in [2.05, 4.69) is 14.5 Å². The van der Waals surface area contributed by atoms with Crippen molar-refractivity contribution in [1.29, 1.82) is 0 Å². The van der Waals surface area contributed by atoms with E-state index in [-0.39, 0.29) is 12.4 Å². The van der Waals surface area contributed by atoms with Crippen LogP contribution < -0.4 is 0 Å². The van der Waals surface area contributed by atoms with E-state index < -0.39 is 0 Å². The van der Waals surface area contributed by atoms with E-state index >= 15 is 0 Å². The van der Waals surface area contributed by atoms with E-state index in [1.165, 1.54) is 0 Å². The monoisotopic (exact) mass is 289 g/mol. The summed E-state index contributed by atoms with van der Waals surface area (Å²) >= 11 is 5.79. The Bertz CT molecular complexity index is 487. The number of nitrogens with zero attached hydrogens (tertiary/aromatic N) is 3. The number of aryl methyl sites for hydroxylation is 1. The number of imidazole rings is 1. The summed E-state index contributed by atoms with van der Waals surface area (Å²) in [5, 5.41) is 0. The highest BCUT2D eigenvalue weighted by Crippen LogP contribution is 2.14. The minimum Gasteiger partial charge on any atom is -0.380 e. The number of rotatable bonds is 6. The van der Waals surface area contributed by atoms with Crippen LogP contribution in [0.5, 0.6) is 0 Å². The standard InChI is InChI=1S/C12H16ClN3O.ClH/c1-2-17-9-8-16-11(5-6-13)15-10-4-3-7-14-12(10)16;/h3-4,7H,2,5-6,8-9H2,1H3;1H. The lowest BCUT2D eigenvalue weighted by Crippen LogP contribution is -2.10. The Balaban J connectivity index is 0.00000162. The first kappa shape index (κ1) is 15.2. The molecule has 0 aliphatic rings. The largest absolute Gasteiger partial charge is 0.380 e. The Kier molecular flexibility index (Phi) is 6.39. The third-order valence-electron chi connectivity index (χ3n) is 2.56. The number of hydrogen-bond donors (Lipinski definition) is 0. The minimum absolute atomic E-state index is 0. The van der Waals surface area contributed by atoms with Crippen molar-refractivity contribution in [1.82, 2.24) is 14.5 Å². The molecule has 0 unspecified atom stereocenters. The highest BCUT2D eigenvalue weighted by molar-refractivity contribution is 6.17. The summed E-state index contributed by atoms with van der Waals surface area (Å²) in [6.07, 6.45) is 2.54. The summed E-state index contributed by atoms with van der Waals surface area (Å²) in [6, 6.07) is 3.87. The highest BCUT2D eigenvalue weighted by Gasteiger charge is 2.10. The van der Waals surface area contributed by atoms with Crippen molar-refractivity contribution >= 4 is 35.2 Å². The van der Waals surface area contributed by atoms with Crippen LogP contribution in [0.25, 0.3) is 11.2 Å². The summed E-state index contributed by atoms with van der Waals surface area (Å²) in [4.78, 5) is 8.91. The third kappa shape index (κ3) is 3.34. The number of hydrogen-bond acceptors (Lipinski definition) is 3. The average molecular weight is 290 g/mol. The van der Waals surface area contributed by atoms with Gasteiger partial charge in [-0.05, 0) is 19.1 Å². The zero-order valence-corrected chi connectivity index (χ0v) is 11.9. The number of alkyl halides is 1. The van der Waals surface area contributed by atoms with Gasteiger partial charge in [0.15, 0.2) is 5.65 Å². The molecule has 100 valence electrons. The van der Waals surface area contributed by atoms with Gasteiger partial charge in [-0.25, -0.2) is 9.97 Å². The normalized spacial score (nSPS) is 10.6. The summed E-state index contributed by atoms with van der Waals surface area (Å²) in [7, 11) is 0. The quantitative estimate of drug-likeness (QED) is 0.606. The van der Waals surface area contributed by atoms with Crippen LogP contribution in [0.2, 0.25) is 0 Å². The molecule has 4 nitrogen and oxygen atoms in total. The second kappa shape index (κ2) is 7.56. The number of fused-ring (bicyclic) bond motifs is 1. The van der Waals surface area contributed by atoms with Gasteiger partial charge in [-0.15, -0.1) is 24.0 Å². The molecule has 0 aromatic carbocycles. The summed E-state index contributed by atoms with van der Waals surface area (Å²) < 4.78 is 7.47. The van der Waals surface area contributed by atoms with Crippen LogP contribution in [0.4, 0.5) is 0 Å². The highest BCUT2D eigenvalue weighted by atomic mass is 35.5. The molecule has 0 spiro atoms. The zero-order valence-electron chi connectivity index (χ0n) is 10.3. The van der Waals surface area contributed by atoms with Gasteiger partial charge in [0.25, 0.3) is 0 Å². The molecule has 6 heteroatoms. The fourth-order valence-corrected chi connectivity index (χ4v) is 1.98. The van der Waals surface area contributed by atoms with Crippen molar-refractivity contribution in [3.8, 4) is 0 Å². The first-order chi connectivity index (χ1) is 8.36. The molecule has 2 aromatic rings. The lowest BCUT2D eigenvalue weighted by Gasteiger charge is -2.07. The van der Waals surface area contributed by atoms with Crippen LogP contribution in [0.1, 0.15) is 12.7 Å². The molecule has 0 fully saturated rings. The lowest BCUT2D eigenvalue weighted by molar-refractivity contribution is 0.139. The first-order valence-electron chi connectivity index (χ1n) is 5.80. The van der Waals surface area contributed by atoms with E-state index in [9.17, 15) is 0 Å². The Morgan fingerprint density at radius 1 is 1.44 bits per heavy atom. The molecule has 0 atom stereocenters. The first-order valence-corrected chi connectivity index (χ1v) is 6.34. The number of pyridine rings is 1. The SMILES string of the molecule is CCOCCn1c(CCCl)nc2cccnc21.Cl.